The molecule has 0 aromatic heterocycles. The maximum atomic E-state index is 11.9. The zero-order valence-electron chi connectivity index (χ0n) is 12.1. The minimum atomic E-state index is 0.276. The first-order chi connectivity index (χ1) is 10.3. The smallest absolute Gasteiger partial charge is 0.137 e. The van der Waals surface area contributed by atoms with Gasteiger partial charge in [0.2, 0.25) is 0 Å². The molecule has 2 aromatic carbocycles. The summed E-state index contributed by atoms with van der Waals surface area (Å²) in [7, 11) is 0. The SMILES string of the molecule is Nc1ccccc1CC(=O)CCCCSc1ccccc1. The monoisotopic (exact) mass is 299 g/mol. The molecule has 0 spiro atoms. The van der Waals surface area contributed by atoms with Gasteiger partial charge in [-0.2, -0.15) is 0 Å². The second-order valence-electron chi connectivity index (χ2n) is 5.03. The van der Waals surface area contributed by atoms with Gasteiger partial charge in [0, 0.05) is 23.4 Å². The number of unbranched alkanes of at least 4 members (excludes halogenated alkanes) is 1. The van der Waals surface area contributed by atoms with Crippen molar-refractivity contribution >= 4 is 23.2 Å². The molecule has 110 valence electrons. The summed E-state index contributed by atoms with van der Waals surface area (Å²) in [5.74, 6) is 1.34. The first-order valence-corrected chi connectivity index (χ1v) is 8.27. The molecule has 2 rings (SSSR count). The number of rotatable bonds is 8. The number of Topliss-reactive ketones (excluding diaryl/α,β-unsaturated/α-hetero) is 1. The van der Waals surface area contributed by atoms with E-state index in [1.807, 2.05) is 42.1 Å². The van der Waals surface area contributed by atoms with Gasteiger partial charge in [-0.15, -0.1) is 11.8 Å². The lowest BCUT2D eigenvalue weighted by Gasteiger charge is -2.05. The van der Waals surface area contributed by atoms with Crippen LogP contribution in [-0.2, 0) is 11.2 Å². The van der Waals surface area contributed by atoms with Gasteiger partial charge in [-0.3, -0.25) is 4.79 Å². The van der Waals surface area contributed by atoms with E-state index in [1.165, 1.54) is 4.90 Å². The molecule has 0 heterocycles. The number of thioether (sulfide) groups is 1. The standard InChI is InChI=1S/C18H21NOS/c19-18-12-5-4-8-15(18)14-16(20)9-6-7-13-21-17-10-2-1-3-11-17/h1-5,8,10-12H,6-7,9,13-14,19H2. The molecule has 0 aliphatic carbocycles. The van der Waals surface area contributed by atoms with Gasteiger partial charge in [-0.1, -0.05) is 36.4 Å². The van der Waals surface area contributed by atoms with Crippen molar-refractivity contribution in [3.8, 4) is 0 Å². The van der Waals surface area contributed by atoms with Gasteiger partial charge in [0.05, 0.1) is 0 Å². The molecular weight excluding hydrogens is 278 g/mol. The van der Waals surface area contributed by atoms with E-state index in [4.69, 9.17) is 5.73 Å². The number of anilines is 1. The number of carbonyl (C=O) groups is 1. The highest BCUT2D eigenvalue weighted by Gasteiger charge is 2.06. The summed E-state index contributed by atoms with van der Waals surface area (Å²) in [4.78, 5) is 13.2. The van der Waals surface area contributed by atoms with E-state index in [1.54, 1.807) is 0 Å². The van der Waals surface area contributed by atoms with E-state index in [0.29, 0.717) is 18.5 Å². The van der Waals surface area contributed by atoms with Gasteiger partial charge in [-0.05, 0) is 42.4 Å². The van der Waals surface area contributed by atoms with Crippen molar-refractivity contribution in [2.45, 2.75) is 30.6 Å². The molecule has 0 aliphatic rings. The lowest BCUT2D eigenvalue weighted by Crippen LogP contribution is -2.05. The highest BCUT2D eigenvalue weighted by Crippen LogP contribution is 2.19. The number of benzene rings is 2. The van der Waals surface area contributed by atoms with Crippen LogP contribution >= 0.6 is 11.8 Å². The van der Waals surface area contributed by atoms with Crippen LogP contribution in [0.1, 0.15) is 24.8 Å². The summed E-state index contributed by atoms with van der Waals surface area (Å²) in [6, 6.07) is 18.0. The Morgan fingerprint density at radius 1 is 0.952 bits per heavy atom. The van der Waals surface area contributed by atoms with Gasteiger partial charge in [-0.25, -0.2) is 0 Å². The summed E-state index contributed by atoms with van der Waals surface area (Å²) >= 11 is 1.85. The molecule has 0 saturated heterocycles. The molecule has 0 unspecified atom stereocenters. The van der Waals surface area contributed by atoms with E-state index in [0.717, 1.165) is 24.2 Å². The Morgan fingerprint density at radius 3 is 2.43 bits per heavy atom. The Kier molecular flexibility index (Phi) is 6.35. The number of nitrogen functional groups attached to an aromatic ring is 1. The number of hydrogen-bond acceptors (Lipinski definition) is 3. The predicted octanol–water partition coefficient (Wildman–Crippen LogP) is 4.34. The third-order valence-corrected chi connectivity index (χ3v) is 4.40. The predicted molar refractivity (Wildman–Crippen MR) is 90.6 cm³/mol. The van der Waals surface area contributed by atoms with E-state index in [-0.39, 0.29) is 5.78 Å². The van der Waals surface area contributed by atoms with Crippen LogP contribution < -0.4 is 5.73 Å². The lowest BCUT2D eigenvalue weighted by molar-refractivity contribution is -0.118. The van der Waals surface area contributed by atoms with Crippen molar-refractivity contribution in [3.63, 3.8) is 0 Å². The van der Waals surface area contributed by atoms with E-state index >= 15 is 0 Å². The summed E-state index contributed by atoms with van der Waals surface area (Å²) in [6.07, 6.45) is 3.11. The molecule has 2 nitrogen and oxygen atoms in total. The number of para-hydroxylation sites is 1. The normalized spacial score (nSPS) is 10.5. The molecule has 0 amide bonds. The third kappa shape index (κ3) is 5.64. The van der Waals surface area contributed by atoms with Crippen molar-refractivity contribution in [1.82, 2.24) is 0 Å². The number of ketones is 1. The quantitative estimate of drug-likeness (QED) is 0.448. The zero-order valence-corrected chi connectivity index (χ0v) is 12.9. The third-order valence-electron chi connectivity index (χ3n) is 3.30. The Morgan fingerprint density at radius 2 is 1.67 bits per heavy atom. The van der Waals surface area contributed by atoms with E-state index in [2.05, 4.69) is 24.3 Å². The number of hydrogen-bond donors (Lipinski definition) is 1. The van der Waals surface area contributed by atoms with Gasteiger partial charge >= 0.3 is 0 Å². The van der Waals surface area contributed by atoms with Gasteiger partial charge in [0.15, 0.2) is 0 Å². The highest BCUT2D eigenvalue weighted by molar-refractivity contribution is 7.99. The molecule has 0 atom stereocenters. The van der Waals surface area contributed by atoms with Crippen LogP contribution in [0.2, 0.25) is 0 Å². The van der Waals surface area contributed by atoms with Gasteiger partial charge < -0.3 is 5.73 Å². The average molecular weight is 299 g/mol. The molecule has 3 heteroatoms. The van der Waals surface area contributed by atoms with Crippen LogP contribution in [0, 0.1) is 0 Å². The average Bonchev–Trinajstić information content (AvgIpc) is 2.50. The Balaban J connectivity index is 1.63. The molecule has 2 aromatic rings. The second-order valence-corrected chi connectivity index (χ2v) is 6.20. The van der Waals surface area contributed by atoms with Crippen LogP contribution in [-0.4, -0.2) is 11.5 Å². The minimum absolute atomic E-state index is 0.276. The Bertz CT molecular complexity index is 568. The fourth-order valence-corrected chi connectivity index (χ4v) is 3.06. The van der Waals surface area contributed by atoms with Crippen LogP contribution in [0.25, 0.3) is 0 Å². The molecule has 0 aliphatic heterocycles. The van der Waals surface area contributed by atoms with Crippen LogP contribution in [0.5, 0.6) is 0 Å². The zero-order chi connectivity index (χ0) is 14.9. The topological polar surface area (TPSA) is 43.1 Å². The van der Waals surface area contributed by atoms with Crippen molar-refractivity contribution in [2.75, 3.05) is 11.5 Å². The summed E-state index contributed by atoms with van der Waals surface area (Å²) in [5.41, 5.74) is 7.51. The number of nitrogens with two attached hydrogens (primary N) is 1. The molecule has 0 fully saturated rings. The maximum Gasteiger partial charge on any atom is 0.137 e. The highest BCUT2D eigenvalue weighted by atomic mass is 32.2. The molecule has 21 heavy (non-hydrogen) atoms. The molecular formula is C18H21NOS. The maximum absolute atomic E-state index is 11.9. The molecule has 2 N–H and O–H groups in total. The van der Waals surface area contributed by atoms with Crippen molar-refractivity contribution < 1.29 is 4.79 Å². The van der Waals surface area contributed by atoms with Gasteiger partial charge in [0.25, 0.3) is 0 Å². The van der Waals surface area contributed by atoms with Crippen LogP contribution in [0.4, 0.5) is 5.69 Å². The summed E-state index contributed by atoms with van der Waals surface area (Å²) in [5, 5.41) is 0. The van der Waals surface area contributed by atoms with Crippen molar-refractivity contribution in [3.05, 3.63) is 60.2 Å². The number of carbonyl (C=O) groups excluding carboxylic acids is 1. The largest absolute Gasteiger partial charge is 0.398 e. The van der Waals surface area contributed by atoms with Crippen molar-refractivity contribution in [2.24, 2.45) is 0 Å². The van der Waals surface area contributed by atoms with E-state index < -0.39 is 0 Å². The fraction of sp³-hybridized carbons (Fsp3) is 0.278. The molecule has 0 radical (unpaired) electrons. The van der Waals surface area contributed by atoms with Crippen LogP contribution in [0.3, 0.4) is 0 Å². The van der Waals surface area contributed by atoms with Gasteiger partial charge in [0.1, 0.15) is 5.78 Å². The molecule has 0 bridgehead atoms. The van der Waals surface area contributed by atoms with Crippen molar-refractivity contribution in [1.29, 1.82) is 0 Å². The first-order valence-electron chi connectivity index (χ1n) is 7.28. The summed E-state index contributed by atoms with van der Waals surface area (Å²) in [6.45, 7) is 0. The fourth-order valence-electron chi connectivity index (χ4n) is 2.13. The Labute approximate surface area is 130 Å². The molecule has 0 saturated carbocycles. The minimum Gasteiger partial charge on any atom is -0.398 e. The Hall–Kier alpha value is -1.74. The second kappa shape index (κ2) is 8.53. The first kappa shape index (κ1) is 15.6. The van der Waals surface area contributed by atoms with Crippen LogP contribution in [0.15, 0.2) is 59.5 Å². The summed E-state index contributed by atoms with van der Waals surface area (Å²) < 4.78 is 0. The lowest BCUT2D eigenvalue weighted by atomic mass is 10.0. The van der Waals surface area contributed by atoms with E-state index in [9.17, 15) is 4.79 Å².